The lowest BCUT2D eigenvalue weighted by molar-refractivity contribution is -0.119. The molecule has 1 amide bonds. The van der Waals surface area contributed by atoms with Crippen molar-refractivity contribution < 1.29 is 4.79 Å². The van der Waals surface area contributed by atoms with Crippen molar-refractivity contribution in [2.75, 3.05) is 18.9 Å². The van der Waals surface area contributed by atoms with Crippen molar-refractivity contribution >= 4 is 22.5 Å². The number of aromatic nitrogens is 1. The Bertz CT molecular complexity index is 595. The van der Waals surface area contributed by atoms with E-state index in [2.05, 4.69) is 15.6 Å². The van der Waals surface area contributed by atoms with Crippen LogP contribution in [0.25, 0.3) is 10.9 Å². The van der Waals surface area contributed by atoms with Crippen LogP contribution in [0.15, 0.2) is 30.3 Å². The summed E-state index contributed by atoms with van der Waals surface area (Å²) in [6, 6.07) is 9.80. The number of nitrogens with one attached hydrogen (secondary N) is 2. The average Bonchev–Trinajstić information content (AvgIpc) is 2.39. The number of aryl methyl sites for hydroxylation is 1. The fraction of sp³-hybridized carbons (Fsp3) is 0.333. The van der Waals surface area contributed by atoms with E-state index in [1.54, 1.807) is 0 Å². The highest BCUT2D eigenvalue weighted by Gasteiger charge is 2.13. The quantitative estimate of drug-likeness (QED) is 0.884. The van der Waals surface area contributed by atoms with E-state index in [-0.39, 0.29) is 11.8 Å². The lowest BCUT2D eigenvalue weighted by atomic mass is 10.1. The van der Waals surface area contributed by atoms with Gasteiger partial charge >= 0.3 is 0 Å². The highest BCUT2D eigenvalue weighted by Crippen LogP contribution is 2.22. The smallest absolute Gasteiger partial charge is 0.228 e. The number of nitrogens with zero attached hydrogens (tertiary/aromatic N) is 1. The van der Waals surface area contributed by atoms with Gasteiger partial charge in [-0.2, -0.15) is 0 Å². The zero-order valence-corrected chi connectivity index (χ0v) is 11.5. The maximum atomic E-state index is 12.1. The van der Waals surface area contributed by atoms with E-state index in [4.69, 9.17) is 0 Å². The van der Waals surface area contributed by atoms with Crippen LogP contribution in [0.5, 0.6) is 0 Å². The monoisotopic (exact) mass is 257 g/mol. The predicted octanol–water partition coefficient (Wildman–Crippen LogP) is 2.34. The number of carbonyl (C=O) groups is 1. The fourth-order valence-electron chi connectivity index (χ4n) is 2.00. The van der Waals surface area contributed by atoms with Crippen LogP contribution in [0.2, 0.25) is 0 Å². The summed E-state index contributed by atoms with van der Waals surface area (Å²) >= 11 is 0. The molecule has 1 aromatic heterocycles. The van der Waals surface area contributed by atoms with Gasteiger partial charge in [0.05, 0.1) is 11.2 Å². The average molecular weight is 257 g/mol. The van der Waals surface area contributed by atoms with Crippen LogP contribution in [-0.4, -0.2) is 24.5 Å². The van der Waals surface area contributed by atoms with Gasteiger partial charge in [0.15, 0.2) is 0 Å². The van der Waals surface area contributed by atoms with Crippen molar-refractivity contribution in [1.82, 2.24) is 10.3 Å². The van der Waals surface area contributed by atoms with Gasteiger partial charge in [-0.25, -0.2) is 0 Å². The van der Waals surface area contributed by atoms with Crippen molar-refractivity contribution in [3.8, 4) is 0 Å². The SMILES string of the molecule is CNCC(C)C(=O)Nc1cccc2ccc(C)nc12. The van der Waals surface area contributed by atoms with Gasteiger partial charge in [0.2, 0.25) is 5.91 Å². The van der Waals surface area contributed by atoms with E-state index in [1.807, 2.05) is 51.2 Å². The first kappa shape index (κ1) is 13.5. The molecule has 0 radical (unpaired) electrons. The number of fused-ring (bicyclic) bond motifs is 1. The standard InChI is InChI=1S/C15H19N3O/c1-10(9-16-3)15(19)18-13-6-4-5-12-8-7-11(2)17-14(12)13/h4-8,10,16H,9H2,1-3H3,(H,18,19). The van der Waals surface area contributed by atoms with Crippen LogP contribution >= 0.6 is 0 Å². The number of anilines is 1. The minimum Gasteiger partial charge on any atom is -0.324 e. The van der Waals surface area contributed by atoms with Crippen molar-refractivity contribution in [3.63, 3.8) is 0 Å². The molecule has 100 valence electrons. The highest BCUT2D eigenvalue weighted by atomic mass is 16.1. The Balaban J connectivity index is 2.30. The van der Waals surface area contributed by atoms with Crippen LogP contribution in [0, 0.1) is 12.8 Å². The topological polar surface area (TPSA) is 54.0 Å². The van der Waals surface area contributed by atoms with E-state index in [9.17, 15) is 4.79 Å². The van der Waals surface area contributed by atoms with Crippen LogP contribution in [0.4, 0.5) is 5.69 Å². The number of rotatable bonds is 4. The molecule has 0 saturated heterocycles. The van der Waals surface area contributed by atoms with Gasteiger partial charge in [0.25, 0.3) is 0 Å². The summed E-state index contributed by atoms with van der Waals surface area (Å²) in [5.74, 6) is -0.0739. The Hall–Kier alpha value is -1.94. The molecule has 1 unspecified atom stereocenters. The summed E-state index contributed by atoms with van der Waals surface area (Å²) in [5, 5.41) is 6.99. The van der Waals surface area contributed by atoms with E-state index in [0.717, 1.165) is 22.3 Å². The van der Waals surface area contributed by atoms with E-state index < -0.39 is 0 Å². The normalized spacial score (nSPS) is 12.4. The van der Waals surface area contributed by atoms with Crippen molar-refractivity contribution in [2.45, 2.75) is 13.8 Å². The lowest BCUT2D eigenvalue weighted by Crippen LogP contribution is -2.28. The third-order valence-electron chi connectivity index (χ3n) is 3.08. The van der Waals surface area contributed by atoms with E-state index >= 15 is 0 Å². The van der Waals surface area contributed by atoms with E-state index in [0.29, 0.717) is 6.54 Å². The highest BCUT2D eigenvalue weighted by molar-refractivity contribution is 6.01. The molecule has 0 bridgehead atoms. The molecule has 0 aliphatic heterocycles. The molecule has 2 aromatic rings. The van der Waals surface area contributed by atoms with Crippen LogP contribution in [-0.2, 0) is 4.79 Å². The van der Waals surface area contributed by atoms with Gasteiger partial charge in [0, 0.05) is 23.5 Å². The minimum atomic E-state index is -0.0786. The third-order valence-corrected chi connectivity index (χ3v) is 3.08. The molecule has 0 fully saturated rings. The molecule has 1 atom stereocenters. The van der Waals surface area contributed by atoms with Gasteiger partial charge in [-0.05, 0) is 26.1 Å². The predicted molar refractivity (Wildman–Crippen MR) is 78.2 cm³/mol. The van der Waals surface area contributed by atoms with E-state index in [1.165, 1.54) is 0 Å². The van der Waals surface area contributed by atoms with Crippen molar-refractivity contribution in [2.24, 2.45) is 5.92 Å². The molecule has 1 heterocycles. The summed E-state index contributed by atoms with van der Waals surface area (Å²) in [4.78, 5) is 16.6. The molecule has 1 aromatic carbocycles. The number of para-hydroxylation sites is 1. The number of amides is 1. The molecule has 0 aliphatic carbocycles. The maximum Gasteiger partial charge on any atom is 0.228 e. The first-order valence-electron chi connectivity index (χ1n) is 6.43. The number of carbonyl (C=O) groups excluding carboxylic acids is 1. The molecule has 2 rings (SSSR count). The summed E-state index contributed by atoms with van der Waals surface area (Å²) in [5.41, 5.74) is 2.55. The minimum absolute atomic E-state index is 0.00477. The summed E-state index contributed by atoms with van der Waals surface area (Å²) in [6.07, 6.45) is 0. The molecule has 4 heteroatoms. The Labute approximate surface area is 113 Å². The van der Waals surface area contributed by atoms with Gasteiger partial charge in [0.1, 0.15) is 0 Å². The zero-order chi connectivity index (χ0) is 13.8. The maximum absolute atomic E-state index is 12.1. The number of pyridine rings is 1. The zero-order valence-electron chi connectivity index (χ0n) is 11.5. The number of hydrogen-bond acceptors (Lipinski definition) is 3. The first-order valence-corrected chi connectivity index (χ1v) is 6.43. The molecule has 4 nitrogen and oxygen atoms in total. The Morgan fingerprint density at radius 3 is 2.84 bits per heavy atom. The summed E-state index contributed by atoms with van der Waals surface area (Å²) in [6.45, 7) is 4.50. The van der Waals surface area contributed by atoms with Crippen LogP contribution < -0.4 is 10.6 Å². The molecule has 0 saturated carbocycles. The van der Waals surface area contributed by atoms with Crippen LogP contribution in [0.3, 0.4) is 0 Å². The molecule has 2 N–H and O–H groups in total. The molecule has 0 spiro atoms. The molecule has 19 heavy (non-hydrogen) atoms. The van der Waals surface area contributed by atoms with Gasteiger partial charge in [-0.1, -0.05) is 25.1 Å². The molecular weight excluding hydrogens is 238 g/mol. The van der Waals surface area contributed by atoms with Crippen molar-refractivity contribution in [3.05, 3.63) is 36.0 Å². The molecule has 0 aliphatic rings. The second-order valence-electron chi connectivity index (χ2n) is 4.78. The Kier molecular flexibility index (Phi) is 4.12. The third kappa shape index (κ3) is 3.09. The van der Waals surface area contributed by atoms with Gasteiger partial charge in [-0.15, -0.1) is 0 Å². The lowest BCUT2D eigenvalue weighted by Gasteiger charge is -2.13. The number of benzene rings is 1. The first-order chi connectivity index (χ1) is 9.11. The van der Waals surface area contributed by atoms with Gasteiger partial charge < -0.3 is 10.6 Å². The number of hydrogen-bond donors (Lipinski definition) is 2. The van der Waals surface area contributed by atoms with Gasteiger partial charge in [-0.3, -0.25) is 9.78 Å². The van der Waals surface area contributed by atoms with Crippen molar-refractivity contribution in [1.29, 1.82) is 0 Å². The van der Waals surface area contributed by atoms with Crippen LogP contribution in [0.1, 0.15) is 12.6 Å². The second-order valence-corrected chi connectivity index (χ2v) is 4.78. The largest absolute Gasteiger partial charge is 0.324 e. The summed E-state index contributed by atoms with van der Waals surface area (Å²) in [7, 11) is 1.84. The Morgan fingerprint density at radius 2 is 2.11 bits per heavy atom. The molecular formula is C15H19N3O. The second kappa shape index (κ2) is 5.80. The summed E-state index contributed by atoms with van der Waals surface area (Å²) < 4.78 is 0. The fourth-order valence-corrected chi connectivity index (χ4v) is 2.00. The Morgan fingerprint density at radius 1 is 1.32 bits per heavy atom.